The molecule has 0 heterocycles. The Morgan fingerprint density at radius 3 is 2.38 bits per heavy atom. The molecule has 0 bridgehead atoms. The molecule has 1 aromatic carbocycles. The summed E-state index contributed by atoms with van der Waals surface area (Å²) in [6.45, 7) is 3.02. The van der Waals surface area contributed by atoms with Crippen LogP contribution in [0.5, 0.6) is 5.75 Å². The second kappa shape index (κ2) is 4.87. The first-order valence-electron chi connectivity index (χ1n) is 4.55. The highest BCUT2D eigenvalue weighted by Gasteiger charge is 2.03. The van der Waals surface area contributed by atoms with E-state index in [9.17, 15) is 0 Å². The summed E-state index contributed by atoms with van der Waals surface area (Å²) in [6.07, 6.45) is 0.234. The third-order valence-electron chi connectivity index (χ3n) is 1.70. The molecule has 2 heteroatoms. The average Bonchev–Trinajstić information content (AvgIpc) is 2.04. The van der Waals surface area contributed by atoms with Crippen molar-refractivity contribution in [3.63, 3.8) is 0 Å². The summed E-state index contributed by atoms with van der Waals surface area (Å²) in [7, 11) is 4.09. The van der Waals surface area contributed by atoms with E-state index in [2.05, 4.69) is 11.8 Å². The zero-order valence-electron chi connectivity index (χ0n) is 8.53. The maximum Gasteiger partial charge on any atom is 0.119 e. The maximum absolute atomic E-state index is 5.68. The number of ether oxygens (including phenoxy) is 1. The van der Waals surface area contributed by atoms with Crippen LogP contribution in [0.3, 0.4) is 0 Å². The lowest BCUT2D eigenvalue weighted by Crippen LogP contribution is -2.27. The van der Waals surface area contributed by atoms with Crippen molar-refractivity contribution in [1.82, 2.24) is 4.90 Å². The number of para-hydroxylation sites is 1. The van der Waals surface area contributed by atoms with Crippen LogP contribution < -0.4 is 4.74 Å². The van der Waals surface area contributed by atoms with E-state index in [1.807, 2.05) is 44.4 Å². The van der Waals surface area contributed by atoms with E-state index in [1.54, 1.807) is 0 Å². The van der Waals surface area contributed by atoms with E-state index in [1.165, 1.54) is 0 Å². The van der Waals surface area contributed by atoms with Crippen molar-refractivity contribution in [2.45, 2.75) is 13.0 Å². The molecular weight excluding hydrogens is 162 g/mol. The van der Waals surface area contributed by atoms with Gasteiger partial charge < -0.3 is 9.64 Å². The lowest BCUT2D eigenvalue weighted by atomic mass is 10.3. The third kappa shape index (κ3) is 3.95. The fraction of sp³-hybridized carbons (Fsp3) is 0.455. The largest absolute Gasteiger partial charge is 0.489 e. The topological polar surface area (TPSA) is 12.5 Å². The van der Waals surface area contributed by atoms with Gasteiger partial charge in [0.1, 0.15) is 11.9 Å². The highest BCUT2D eigenvalue weighted by Crippen LogP contribution is 2.10. The molecule has 0 N–H and O–H groups in total. The molecule has 0 saturated heterocycles. The Bertz CT molecular complexity index is 233. The fourth-order valence-corrected chi connectivity index (χ4v) is 1.28. The van der Waals surface area contributed by atoms with Crippen LogP contribution in [0.2, 0.25) is 0 Å². The van der Waals surface area contributed by atoms with E-state index in [0.29, 0.717) is 0 Å². The first-order chi connectivity index (χ1) is 6.18. The Morgan fingerprint density at radius 2 is 1.85 bits per heavy atom. The van der Waals surface area contributed by atoms with Gasteiger partial charge in [-0.1, -0.05) is 18.2 Å². The van der Waals surface area contributed by atoms with Crippen LogP contribution >= 0.6 is 0 Å². The molecule has 0 unspecified atom stereocenters. The molecule has 1 aromatic rings. The number of rotatable bonds is 4. The normalized spacial score (nSPS) is 12.9. The molecule has 0 aliphatic carbocycles. The molecule has 72 valence electrons. The van der Waals surface area contributed by atoms with Crippen LogP contribution in [0, 0.1) is 0 Å². The van der Waals surface area contributed by atoms with Crippen LogP contribution in [0.25, 0.3) is 0 Å². The van der Waals surface area contributed by atoms with Crippen LogP contribution in [0.1, 0.15) is 6.92 Å². The first kappa shape index (κ1) is 10.1. The quantitative estimate of drug-likeness (QED) is 0.701. The Morgan fingerprint density at radius 1 is 1.23 bits per heavy atom. The van der Waals surface area contributed by atoms with Gasteiger partial charge in [0.05, 0.1) is 0 Å². The van der Waals surface area contributed by atoms with E-state index in [4.69, 9.17) is 4.74 Å². The Labute approximate surface area is 80.1 Å². The molecule has 0 aromatic heterocycles. The molecule has 1 rings (SSSR count). The number of hydrogen-bond donors (Lipinski definition) is 0. The van der Waals surface area contributed by atoms with Crippen LogP contribution in [-0.4, -0.2) is 31.6 Å². The van der Waals surface area contributed by atoms with Gasteiger partial charge in [0.15, 0.2) is 0 Å². The lowest BCUT2D eigenvalue weighted by molar-refractivity contribution is 0.177. The van der Waals surface area contributed by atoms with E-state index >= 15 is 0 Å². The first-order valence-corrected chi connectivity index (χ1v) is 4.55. The summed E-state index contributed by atoms with van der Waals surface area (Å²) >= 11 is 0. The lowest BCUT2D eigenvalue weighted by Gasteiger charge is -2.18. The van der Waals surface area contributed by atoms with Gasteiger partial charge in [-0.2, -0.15) is 0 Å². The van der Waals surface area contributed by atoms with Crippen molar-refractivity contribution in [2.75, 3.05) is 20.6 Å². The SMILES string of the molecule is C[C@H](CN(C)C)Oc1ccccc1. The summed E-state index contributed by atoms with van der Waals surface area (Å²) < 4.78 is 5.68. The molecule has 0 radical (unpaired) electrons. The average molecular weight is 179 g/mol. The fourth-order valence-electron chi connectivity index (χ4n) is 1.28. The van der Waals surface area contributed by atoms with Gasteiger partial charge in [-0.15, -0.1) is 0 Å². The number of benzene rings is 1. The summed E-state index contributed by atoms with van der Waals surface area (Å²) in [5.74, 6) is 0.942. The Balaban J connectivity index is 2.41. The van der Waals surface area contributed by atoms with E-state index in [0.717, 1.165) is 12.3 Å². The minimum Gasteiger partial charge on any atom is -0.489 e. The summed E-state index contributed by atoms with van der Waals surface area (Å²) in [5, 5.41) is 0. The highest BCUT2D eigenvalue weighted by molar-refractivity contribution is 5.21. The van der Waals surface area contributed by atoms with Crippen molar-refractivity contribution in [2.24, 2.45) is 0 Å². The Hall–Kier alpha value is -1.02. The second-order valence-corrected chi connectivity index (χ2v) is 3.50. The Kier molecular flexibility index (Phi) is 3.77. The zero-order chi connectivity index (χ0) is 9.68. The third-order valence-corrected chi connectivity index (χ3v) is 1.70. The highest BCUT2D eigenvalue weighted by atomic mass is 16.5. The van der Waals surface area contributed by atoms with Gasteiger partial charge in [0, 0.05) is 6.54 Å². The smallest absolute Gasteiger partial charge is 0.119 e. The number of nitrogens with zero attached hydrogens (tertiary/aromatic N) is 1. The van der Waals surface area contributed by atoms with Gasteiger partial charge >= 0.3 is 0 Å². The monoisotopic (exact) mass is 179 g/mol. The molecule has 0 spiro atoms. The molecule has 2 nitrogen and oxygen atoms in total. The van der Waals surface area contributed by atoms with Crippen LogP contribution in [-0.2, 0) is 0 Å². The van der Waals surface area contributed by atoms with Crippen molar-refractivity contribution >= 4 is 0 Å². The summed E-state index contributed by atoms with van der Waals surface area (Å²) in [5.41, 5.74) is 0. The molecule has 0 saturated carbocycles. The molecule has 0 fully saturated rings. The molecule has 13 heavy (non-hydrogen) atoms. The van der Waals surface area contributed by atoms with Crippen molar-refractivity contribution in [1.29, 1.82) is 0 Å². The van der Waals surface area contributed by atoms with Gasteiger partial charge in [-0.05, 0) is 33.2 Å². The molecule has 0 amide bonds. The minimum atomic E-state index is 0.234. The van der Waals surface area contributed by atoms with Gasteiger partial charge in [-0.25, -0.2) is 0 Å². The van der Waals surface area contributed by atoms with Crippen LogP contribution in [0.4, 0.5) is 0 Å². The van der Waals surface area contributed by atoms with Crippen molar-refractivity contribution in [3.8, 4) is 5.75 Å². The van der Waals surface area contributed by atoms with Crippen molar-refractivity contribution in [3.05, 3.63) is 30.3 Å². The zero-order valence-corrected chi connectivity index (χ0v) is 8.53. The van der Waals surface area contributed by atoms with Crippen LogP contribution in [0.15, 0.2) is 30.3 Å². The van der Waals surface area contributed by atoms with Crippen molar-refractivity contribution < 1.29 is 4.74 Å². The number of hydrogen-bond acceptors (Lipinski definition) is 2. The maximum atomic E-state index is 5.68. The number of likely N-dealkylation sites (N-methyl/N-ethyl adjacent to an activating group) is 1. The molecule has 0 aliphatic heterocycles. The summed E-state index contributed by atoms with van der Waals surface area (Å²) in [6, 6.07) is 9.91. The van der Waals surface area contributed by atoms with Gasteiger partial charge in [0.2, 0.25) is 0 Å². The van der Waals surface area contributed by atoms with Gasteiger partial charge in [0.25, 0.3) is 0 Å². The minimum absolute atomic E-state index is 0.234. The predicted octanol–water partition coefficient (Wildman–Crippen LogP) is 2.02. The second-order valence-electron chi connectivity index (χ2n) is 3.50. The predicted molar refractivity (Wildman–Crippen MR) is 55.1 cm³/mol. The van der Waals surface area contributed by atoms with E-state index in [-0.39, 0.29) is 6.10 Å². The van der Waals surface area contributed by atoms with Gasteiger partial charge in [-0.3, -0.25) is 0 Å². The van der Waals surface area contributed by atoms with E-state index < -0.39 is 0 Å². The molecule has 1 atom stereocenters. The molecular formula is C11H17NO. The molecule has 0 aliphatic rings. The standard InChI is InChI=1S/C11H17NO/c1-10(9-12(2)3)13-11-7-5-4-6-8-11/h4-8,10H,9H2,1-3H3/t10-/m1/s1. The summed E-state index contributed by atoms with van der Waals surface area (Å²) in [4.78, 5) is 2.12.